The zero-order valence-electron chi connectivity index (χ0n) is 15.4. The van der Waals surface area contributed by atoms with Gasteiger partial charge in [-0.1, -0.05) is 48.5 Å². The molecule has 0 aliphatic carbocycles. The van der Waals surface area contributed by atoms with Gasteiger partial charge in [-0.3, -0.25) is 4.68 Å². The van der Waals surface area contributed by atoms with E-state index >= 15 is 0 Å². The van der Waals surface area contributed by atoms with Crippen molar-refractivity contribution in [3.05, 3.63) is 84.9 Å². The summed E-state index contributed by atoms with van der Waals surface area (Å²) in [6.45, 7) is 2.73. The zero-order valence-corrected chi connectivity index (χ0v) is 15.4. The van der Waals surface area contributed by atoms with Crippen molar-refractivity contribution in [1.29, 1.82) is 0 Å². The van der Waals surface area contributed by atoms with Crippen LogP contribution >= 0.6 is 0 Å². The summed E-state index contributed by atoms with van der Waals surface area (Å²) in [6.07, 6.45) is 5.44. The molecule has 2 aromatic carbocycles. The second-order valence-electron chi connectivity index (χ2n) is 6.64. The minimum Gasteiger partial charge on any atom is -0.478 e. The van der Waals surface area contributed by atoms with Crippen LogP contribution in [-0.2, 0) is 6.54 Å². The van der Waals surface area contributed by atoms with Crippen molar-refractivity contribution >= 4 is 5.97 Å². The summed E-state index contributed by atoms with van der Waals surface area (Å²) >= 11 is 0. The first kappa shape index (κ1) is 17.7. The predicted molar refractivity (Wildman–Crippen MR) is 107 cm³/mol. The molecule has 0 amide bonds. The number of benzene rings is 2. The number of hydrogen-bond acceptors (Lipinski definition) is 3. The Morgan fingerprint density at radius 3 is 2.54 bits per heavy atom. The molecule has 0 fully saturated rings. The standard InChI is InChI=1S/C22H20N4O2/c1-16(14-25-13-7-12-24-25)26-15-23-20(17-8-3-2-4-9-17)21(26)18-10-5-6-11-19(18)22(27)28/h2-13,15-16H,14H2,1H3,(H,27,28)/t16-/m1/s1. The first-order valence-corrected chi connectivity index (χ1v) is 9.07. The van der Waals surface area contributed by atoms with E-state index in [-0.39, 0.29) is 11.6 Å². The number of rotatable bonds is 6. The lowest BCUT2D eigenvalue weighted by Crippen LogP contribution is -2.14. The molecule has 4 rings (SSSR count). The van der Waals surface area contributed by atoms with Crippen LogP contribution in [0, 0.1) is 0 Å². The van der Waals surface area contributed by atoms with Crippen molar-refractivity contribution in [2.45, 2.75) is 19.5 Å². The highest BCUT2D eigenvalue weighted by Crippen LogP contribution is 2.35. The summed E-state index contributed by atoms with van der Waals surface area (Å²) in [5, 5.41) is 14.0. The second kappa shape index (κ2) is 7.52. The van der Waals surface area contributed by atoms with Crippen LogP contribution in [-0.4, -0.2) is 30.4 Å². The van der Waals surface area contributed by atoms with Gasteiger partial charge in [0.05, 0.1) is 35.9 Å². The molecule has 4 aromatic rings. The zero-order chi connectivity index (χ0) is 19.5. The van der Waals surface area contributed by atoms with Crippen LogP contribution < -0.4 is 0 Å². The lowest BCUT2D eigenvalue weighted by molar-refractivity contribution is 0.0697. The third-order valence-corrected chi connectivity index (χ3v) is 4.74. The van der Waals surface area contributed by atoms with Crippen LogP contribution in [0.3, 0.4) is 0 Å². The molecule has 6 heteroatoms. The molecule has 1 atom stereocenters. The largest absolute Gasteiger partial charge is 0.478 e. The Balaban J connectivity index is 1.89. The van der Waals surface area contributed by atoms with E-state index in [2.05, 4.69) is 17.0 Å². The van der Waals surface area contributed by atoms with Crippen LogP contribution in [0.4, 0.5) is 0 Å². The van der Waals surface area contributed by atoms with Gasteiger partial charge in [0.1, 0.15) is 0 Å². The summed E-state index contributed by atoms with van der Waals surface area (Å²) in [4.78, 5) is 16.5. The molecular weight excluding hydrogens is 352 g/mol. The molecule has 0 aliphatic heterocycles. The molecule has 1 N–H and O–H groups in total. The summed E-state index contributed by atoms with van der Waals surface area (Å²) in [5.74, 6) is -0.956. The van der Waals surface area contributed by atoms with Gasteiger partial charge in [-0.25, -0.2) is 9.78 Å². The molecule has 0 saturated carbocycles. The smallest absolute Gasteiger partial charge is 0.336 e. The highest BCUT2D eigenvalue weighted by atomic mass is 16.4. The van der Waals surface area contributed by atoms with Crippen LogP contribution in [0.2, 0.25) is 0 Å². The predicted octanol–water partition coefficient (Wildman–Crippen LogP) is 4.37. The van der Waals surface area contributed by atoms with Crippen molar-refractivity contribution in [1.82, 2.24) is 19.3 Å². The Morgan fingerprint density at radius 2 is 1.82 bits per heavy atom. The van der Waals surface area contributed by atoms with Crippen LogP contribution in [0.1, 0.15) is 23.3 Å². The average Bonchev–Trinajstić information content (AvgIpc) is 3.38. The lowest BCUT2D eigenvalue weighted by Gasteiger charge is -2.19. The van der Waals surface area contributed by atoms with Gasteiger partial charge in [0.25, 0.3) is 0 Å². The molecule has 2 heterocycles. The third kappa shape index (κ3) is 3.32. The van der Waals surface area contributed by atoms with Crippen molar-refractivity contribution < 1.29 is 9.90 Å². The van der Waals surface area contributed by atoms with Gasteiger partial charge in [-0.05, 0) is 19.1 Å². The van der Waals surface area contributed by atoms with E-state index in [0.29, 0.717) is 12.1 Å². The van der Waals surface area contributed by atoms with Crippen LogP contribution in [0.25, 0.3) is 22.5 Å². The number of carbonyl (C=O) groups is 1. The fraction of sp³-hybridized carbons (Fsp3) is 0.136. The summed E-state index contributed by atoms with van der Waals surface area (Å²) < 4.78 is 3.89. The first-order chi connectivity index (χ1) is 13.6. The number of carboxylic acid groups (broad SMARTS) is 1. The molecule has 2 aromatic heterocycles. The topological polar surface area (TPSA) is 72.9 Å². The Labute approximate surface area is 162 Å². The number of imidazole rings is 1. The fourth-order valence-electron chi connectivity index (χ4n) is 3.41. The molecule has 0 aliphatic rings. The molecule has 6 nitrogen and oxygen atoms in total. The molecule has 0 radical (unpaired) electrons. The average molecular weight is 372 g/mol. The molecule has 0 spiro atoms. The summed E-state index contributed by atoms with van der Waals surface area (Å²) in [7, 11) is 0. The van der Waals surface area contributed by atoms with Gasteiger partial charge in [-0.2, -0.15) is 5.10 Å². The van der Waals surface area contributed by atoms with E-state index in [4.69, 9.17) is 0 Å². The summed E-state index contributed by atoms with van der Waals surface area (Å²) in [5.41, 5.74) is 3.42. The van der Waals surface area contributed by atoms with E-state index in [1.807, 2.05) is 64.0 Å². The van der Waals surface area contributed by atoms with Crippen molar-refractivity contribution in [3.63, 3.8) is 0 Å². The Hall–Kier alpha value is -3.67. The Morgan fingerprint density at radius 1 is 1.07 bits per heavy atom. The number of carboxylic acids is 1. The van der Waals surface area contributed by atoms with E-state index in [1.54, 1.807) is 24.7 Å². The molecule has 0 bridgehead atoms. The number of nitrogens with zero attached hydrogens (tertiary/aromatic N) is 4. The molecule has 0 unspecified atom stereocenters. The van der Waals surface area contributed by atoms with E-state index < -0.39 is 5.97 Å². The SMILES string of the molecule is C[C@H](Cn1cccn1)n1cnc(-c2ccccc2)c1-c1ccccc1C(=O)O. The Kier molecular flexibility index (Phi) is 4.76. The number of hydrogen-bond donors (Lipinski definition) is 1. The van der Waals surface area contributed by atoms with Crippen molar-refractivity contribution in [2.24, 2.45) is 0 Å². The van der Waals surface area contributed by atoms with Crippen LogP contribution in [0.15, 0.2) is 79.4 Å². The minimum absolute atomic E-state index is 0.0294. The monoisotopic (exact) mass is 372 g/mol. The quantitative estimate of drug-likeness (QED) is 0.545. The molecule has 140 valence electrons. The Bertz CT molecular complexity index is 1080. The summed E-state index contributed by atoms with van der Waals surface area (Å²) in [6, 6.07) is 18.8. The molecular formula is C22H20N4O2. The van der Waals surface area contributed by atoms with Gasteiger partial charge in [-0.15, -0.1) is 0 Å². The highest BCUT2D eigenvalue weighted by Gasteiger charge is 2.22. The maximum absolute atomic E-state index is 11.9. The maximum Gasteiger partial charge on any atom is 0.336 e. The van der Waals surface area contributed by atoms with E-state index in [1.165, 1.54) is 0 Å². The van der Waals surface area contributed by atoms with E-state index in [0.717, 1.165) is 17.0 Å². The van der Waals surface area contributed by atoms with E-state index in [9.17, 15) is 9.90 Å². The fourth-order valence-corrected chi connectivity index (χ4v) is 3.41. The maximum atomic E-state index is 11.9. The normalized spacial score (nSPS) is 12.0. The van der Waals surface area contributed by atoms with Crippen LogP contribution in [0.5, 0.6) is 0 Å². The highest BCUT2D eigenvalue weighted by molar-refractivity contribution is 5.97. The van der Waals surface area contributed by atoms with Gasteiger partial charge < -0.3 is 9.67 Å². The lowest BCUT2D eigenvalue weighted by atomic mass is 9.99. The van der Waals surface area contributed by atoms with Gasteiger partial charge in [0.2, 0.25) is 0 Å². The molecule has 28 heavy (non-hydrogen) atoms. The molecule has 0 saturated heterocycles. The number of aromatic carboxylic acids is 1. The first-order valence-electron chi connectivity index (χ1n) is 9.07. The minimum atomic E-state index is -0.956. The number of aromatic nitrogens is 4. The van der Waals surface area contributed by atoms with Crippen molar-refractivity contribution in [3.8, 4) is 22.5 Å². The third-order valence-electron chi connectivity index (χ3n) is 4.74. The van der Waals surface area contributed by atoms with Gasteiger partial charge >= 0.3 is 5.97 Å². The van der Waals surface area contributed by atoms with Gasteiger partial charge in [0.15, 0.2) is 0 Å². The second-order valence-corrected chi connectivity index (χ2v) is 6.64. The van der Waals surface area contributed by atoms with Crippen molar-refractivity contribution in [2.75, 3.05) is 0 Å². The van der Waals surface area contributed by atoms with Gasteiger partial charge in [0, 0.05) is 23.5 Å².